The predicted molar refractivity (Wildman–Crippen MR) is 105 cm³/mol. The highest BCUT2D eigenvalue weighted by atomic mass is 16.5. The zero-order chi connectivity index (χ0) is 19.1. The third-order valence-corrected chi connectivity index (χ3v) is 5.02. The predicted octanol–water partition coefficient (Wildman–Crippen LogP) is 3.66. The average Bonchev–Trinajstić information content (AvgIpc) is 3.14. The molecule has 2 aromatic carbocycles. The van der Waals surface area contributed by atoms with Crippen molar-refractivity contribution >= 4 is 5.91 Å². The number of ether oxygens (including phenoxy) is 1. The molecule has 5 heteroatoms. The van der Waals surface area contributed by atoms with Crippen LogP contribution in [0.3, 0.4) is 0 Å². The Morgan fingerprint density at radius 3 is 2.22 bits per heavy atom. The number of carbonyl (C=O) groups is 1. The topological polar surface area (TPSA) is 62.1 Å². The number of nitrogens with one attached hydrogen (secondary N) is 1. The summed E-state index contributed by atoms with van der Waals surface area (Å²) in [6.45, 7) is 5.15. The molecule has 0 radical (unpaired) electrons. The van der Waals surface area contributed by atoms with Gasteiger partial charge in [-0.2, -0.15) is 5.26 Å². The minimum Gasteiger partial charge on any atom is -0.493 e. The summed E-state index contributed by atoms with van der Waals surface area (Å²) in [7, 11) is 0. The summed E-state index contributed by atoms with van der Waals surface area (Å²) in [5.41, 5.74) is 5.95. The molecule has 1 aliphatic heterocycles. The summed E-state index contributed by atoms with van der Waals surface area (Å²) < 4.78 is 6.57. The molecule has 0 aromatic heterocycles. The van der Waals surface area contributed by atoms with Crippen LogP contribution in [0.15, 0.2) is 48.5 Å². The zero-order valence-corrected chi connectivity index (χ0v) is 15.8. The van der Waals surface area contributed by atoms with E-state index in [1.54, 1.807) is 6.92 Å². The molecule has 5 nitrogen and oxygen atoms in total. The number of amides is 1. The van der Waals surface area contributed by atoms with Crippen LogP contribution in [0, 0.1) is 11.3 Å². The molecule has 1 N–H and O–H groups in total. The van der Waals surface area contributed by atoms with Gasteiger partial charge in [0.25, 0.3) is 5.91 Å². The Kier molecular flexibility index (Phi) is 6.10. The van der Waals surface area contributed by atoms with E-state index < -0.39 is 0 Å². The molecule has 0 aliphatic carbocycles. The Morgan fingerprint density at radius 1 is 1.07 bits per heavy atom. The highest BCUT2D eigenvalue weighted by molar-refractivity contribution is 5.71. The summed E-state index contributed by atoms with van der Waals surface area (Å²) in [5.74, 6) is 0.885. The van der Waals surface area contributed by atoms with Gasteiger partial charge in [0.1, 0.15) is 25.4 Å². The van der Waals surface area contributed by atoms with Gasteiger partial charge in [0.05, 0.1) is 18.2 Å². The van der Waals surface area contributed by atoms with Crippen molar-refractivity contribution < 1.29 is 14.1 Å². The molecule has 2 aromatic rings. The van der Waals surface area contributed by atoms with Crippen LogP contribution in [0.25, 0.3) is 11.1 Å². The minimum absolute atomic E-state index is 0.0382. The number of benzene rings is 2. The van der Waals surface area contributed by atoms with E-state index in [4.69, 9.17) is 10.00 Å². The van der Waals surface area contributed by atoms with Crippen LogP contribution in [0.5, 0.6) is 5.75 Å². The summed E-state index contributed by atoms with van der Waals surface area (Å²) in [5, 5.41) is 8.88. The highest BCUT2D eigenvalue weighted by Gasteiger charge is 2.33. The van der Waals surface area contributed by atoms with Crippen LogP contribution in [0.1, 0.15) is 31.7 Å². The number of hydrogen-bond acceptors (Lipinski definition) is 3. The van der Waals surface area contributed by atoms with E-state index in [-0.39, 0.29) is 5.91 Å². The first-order chi connectivity index (χ1) is 13.1. The summed E-state index contributed by atoms with van der Waals surface area (Å²) in [6, 6.07) is 17.7. The van der Waals surface area contributed by atoms with Crippen molar-refractivity contribution in [2.75, 3.05) is 26.2 Å². The Hall–Kier alpha value is -2.84. The number of nitrogens with zero attached hydrogens (tertiary/aromatic N) is 2. The van der Waals surface area contributed by atoms with Gasteiger partial charge >= 0.3 is 0 Å². The molecule has 0 spiro atoms. The third-order valence-electron chi connectivity index (χ3n) is 5.02. The van der Waals surface area contributed by atoms with Crippen LogP contribution in [-0.2, 0) is 4.79 Å². The quantitative estimate of drug-likeness (QED) is 0.602. The molecule has 1 amide bonds. The zero-order valence-electron chi connectivity index (χ0n) is 15.8. The number of hydrogen-bond donors (Lipinski definition) is 1. The molecule has 1 aliphatic rings. The van der Waals surface area contributed by atoms with Crippen molar-refractivity contribution in [2.45, 2.75) is 26.2 Å². The first kappa shape index (κ1) is 18.9. The smallest absolute Gasteiger partial charge is 0.261 e. The van der Waals surface area contributed by atoms with Crippen molar-refractivity contribution in [3.05, 3.63) is 54.1 Å². The number of carbonyl (C=O) groups excluding carboxylic acids is 1. The lowest BCUT2D eigenvalue weighted by atomic mass is 10.0. The second-order valence-corrected chi connectivity index (χ2v) is 7.11. The summed E-state index contributed by atoms with van der Waals surface area (Å²) in [6.07, 6.45) is 3.23. The van der Waals surface area contributed by atoms with E-state index in [0.717, 1.165) is 55.8 Å². The van der Waals surface area contributed by atoms with Gasteiger partial charge in [-0.25, -0.2) is 10.0 Å². The molecule has 1 fully saturated rings. The molecule has 0 atom stereocenters. The Morgan fingerprint density at radius 2 is 1.67 bits per heavy atom. The van der Waals surface area contributed by atoms with E-state index >= 15 is 0 Å². The van der Waals surface area contributed by atoms with Crippen molar-refractivity contribution in [3.63, 3.8) is 0 Å². The van der Waals surface area contributed by atoms with Gasteiger partial charge in [-0.1, -0.05) is 24.3 Å². The number of nitriles is 1. The van der Waals surface area contributed by atoms with E-state index in [0.29, 0.717) is 16.8 Å². The van der Waals surface area contributed by atoms with Crippen LogP contribution in [-0.4, -0.2) is 36.7 Å². The van der Waals surface area contributed by atoms with Crippen molar-refractivity contribution in [3.8, 4) is 22.9 Å². The Balaban J connectivity index is 1.50. The molecule has 1 saturated heterocycles. The van der Waals surface area contributed by atoms with Crippen LogP contribution in [0.2, 0.25) is 0 Å². The van der Waals surface area contributed by atoms with E-state index in [1.807, 2.05) is 48.5 Å². The fourth-order valence-corrected chi connectivity index (χ4v) is 3.70. The molecule has 1 heterocycles. The lowest BCUT2D eigenvalue weighted by molar-refractivity contribution is -0.950. The van der Waals surface area contributed by atoms with Gasteiger partial charge in [0.15, 0.2) is 0 Å². The van der Waals surface area contributed by atoms with E-state index in [9.17, 15) is 4.79 Å². The molecule has 0 bridgehead atoms. The molecule has 3 rings (SSSR count). The normalized spacial score (nSPS) is 15.1. The molecular formula is C22H26N3O2+. The lowest BCUT2D eigenvalue weighted by Crippen LogP contribution is -2.58. The Bertz CT molecular complexity index is 801. The van der Waals surface area contributed by atoms with Gasteiger partial charge < -0.3 is 4.74 Å². The standard InChI is InChI=1S/C22H25N3O2/c1-18(26)24-25(13-2-3-14-25)15-4-16-27-22-11-9-21(10-12-22)20-7-5-19(17-23)6-8-20/h5-12H,2-4,13-16H2,1H3/p+1. The number of likely N-dealkylation sites (tertiary alicyclic amines) is 1. The van der Waals surface area contributed by atoms with E-state index in [2.05, 4.69) is 11.5 Å². The van der Waals surface area contributed by atoms with Crippen molar-refractivity contribution in [2.24, 2.45) is 0 Å². The summed E-state index contributed by atoms with van der Waals surface area (Å²) in [4.78, 5) is 11.5. The Labute approximate surface area is 160 Å². The molecule has 27 heavy (non-hydrogen) atoms. The average molecular weight is 364 g/mol. The second-order valence-electron chi connectivity index (χ2n) is 7.11. The summed E-state index contributed by atoms with van der Waals surface area (Å²) >= 11 is 0. The van der Waals surface area contributed by atoms with Gasteiger partial charge in [-0.3, -0.25) is 4.79 Å². The molecule has 140 valence electrons. The largest absolute Gasteiger partial charge is 0.493 e. The fraction of sp³-hybridized carbons (Fsp3) is 0.364. The first-order valence-corrected chi connectivity index (χ1v) is 9.49. The highest BCUT2D eigenvalue weighted by Crippen LogP contribution is 2.23. The number of rotatable bonds is 7. The maximum absolute atomic E-state index is 11.5. The minimum atomic E-state index is 0.0382. The molecule has 0 saturated carbocycles. The monoisotopic (exact) mass is 364 g/mol. The van der Waals surface area contributed by atoms with Crippen molar-refractivity contribution in [1.82, 2.24) is 5.43 Å². The maximum Gasteiger partial charge on any atom is 0.261 e. The maximum atomic E-state index is 11.5. The third kappa shape index (κ3) is 5.08. The van der Waals surface area contributed by atoms with Gasteiger partial charge in [-0.15, -0.1) is 0 Å². The SMILES string of the molecule is CC(=O)N[N+]1(CCCOc2ccc(-c3ccc(C#N)cc3)cc2)CCCC1. The van der Waals surface area contributed by atoms with E-state index in [1.165, 1.54) is 0 Å². The van der Waals surface area contributed by atoms with Gasteiger partial charge in [0, 0.05) is 26.2 Å². The van der Waals surface area contributed by atoms with Gasteiger partial charge in [-0.05, 0) is 35.4 Å². The second kappa shape index (κ2) is 8.70. The van der Waals surface area contributed by atoms with Crippen LogP contribution >= 0.6 is 0 Å². The van der Waals surface area contributed by atoms with Crippen LogP contribution < -0.4 is 10.2 Å². The van der Waals surface area contributed by atoms with Crippen LogP contribution in [0.4, 0.5) is 0 Å². The molecular weight excluding hydrogens is 338 g/mol. The number of quaternary nitrogens is 1. The van der Waals surface area contributed by atoms with Gasteiger partial charge in [0.2, 0.25) is 0 Å². The lowest BCUT2D eigenvalue weighted by Gasteiger charge is -2.32. The van der Waals surface area contributed by atoms with Crippen molar-refractivity contribution in [1.29, 1.82) is 5.26 Å². The molecule has 0 unspecified atom stereocenters. The fourth-order valence-electron chi connectivity index (χ4n) is 3.70. The first-order valence-electron chi connectivity index (χ1n) is 9.49.